The van der Waals surface area contributed by atoms with Crippen LogP contribution in [0, 0.1) is 15.2 Å². The lowest BCUT2D eigenvalue weighted by atomic mass is 10.0. The molecule has 0 N–H and O–H groups in total. The molecule has 2 aromatic carbocycles. The van der Waals surface area contributed by atoms with Gasteiger partial charge < -0.3 is 0 Å². The molecular formula is C14H10BrF2I. The maximum Gasteiger partial charge on any atom is 0.129 e. The van der Waals surface area contributed by atoms with Gasteiger partial charge in [-0.3, -0.25) is 0 Å². The van der Waals surface area contributed by atoms with E-state index in [1.54, 1.807) is 0 Å². The maximum absolute atomic E-state index is 13.5. The van der Waals surface area contributed by atoms with Gasteiger partial charge in [-0.2, -0.15) is 0 Å². The van der Waals surface area contributed by atoms with Crippen LogP contribution < -0.4 is 0 Å². The SMILES string of the molecule is Fc1cccc(F)c1CC(Br)c1cccc(I)c1. The average molecular weight is 423 g/mol. The van der Waals surface area contributed by atoms with Gasteiger partial charge in [0.05, 0.1) is 0 Å². The highest BCUT2D eigenvalue weighted by atomic mass is 127. The predicted molar refractivity (Wildman–Crippen MR) is 80.9 cm³/mol. The van der Waals surface area contributed by atoms with Crippen LogP contribution in [0.4, 0.5) is 8.78 Å². The Labute approximate surface area is 127 Å². The fourth-order valence-corrected chi connectivity index (χ4v) is 2.90. The van der Waals surface area contributed by atoms with Crippen LogP contribution in [0.1, 0.15) is 16.0 Å². The molecule has 94 valence electrons. The summed E-state index contributed by atoms with van der Waals surface area (Å²) in [4.78, 5) is -0.0985. The van der Waals surface area contributed by atoms with E-state index in [0.717, 1.165) is 9.13 Å². The third-order valence-corrected chi connectivity index (χ3v) is 4.18. The van der Waals surface area contributed by atoms with Gasteiger partial charge in [-0.05, 0) is 58.8 Å². The zero-order valence-corrected chi connectivity index (χ0v) is 13.1. The Morgan fingerprint density at radius 2 is 1.67 bits per heavy atom. The standard InChI is InChI=1S/C14H10BrF2I/c15-12(9-3-1-4-10(18)7-9)8-11-13(16)5-2-6-14(11)17/h1-7,12H,8H2. The topological polar surface area (TPSA) is 0 Å². The molecule has 0 radical (unpaired) electrons. The molecule has 0 aliphatic carbocycles. The van der Waals surface area contributed by atoms with Crippen LogP contribution in [-0.4, -0.2) is 0 Å². The lowest BCUT2D eigenvalue weighted by Gasteiger charge is -2.12. The molecule has 0 amide bonds. The van der Waals surface area contributed by atoms with Crippen molar-refractivity contribution in [1.82, 2.24) is 0 Å². The first-order valence-electron chi connectivity index (χ1n) is 5.40. The smallest absolute Gasteiger partial charge is 0.129 e. The van der Waals surface area contributed by atoms with Crippen molar-refractivity contribution in [3.05, 3.63) is 68.8 Å². The Bertz CT molecular complexity index is 537. The van der Waals surface area contributed by atoms with E-state index < -0.39 is 11.6 Å². The Hall–Kier alpha value is -0.490. The molecule has 0 nitrogen and oxygen atoms in total. The zero-order valence-electron chi connectivity index (χ0n) is 9.34. The highest BCUT2D eigenvalue weighted by Crippen LogP contribution is 2.29. The van der Waals surface area contributed by atoms with E-state index in [4.69, 9.17) is 0 Å². The average Bonchev–Trinajstić information content (AvgIpc) is 2.34. The van der Waals surface area contributed by atoms with Gasteiger partial charge in [-0.25, -0.2) is 8.78 Å². The van der Waals surface area contributed by atoms with Gasteiger partial charge in [0.25, 0.3) is 0 Å². The van der Waals surface area contributed by atoms with Crippen molar-refractivity contribution < 1.29 is 8.78 Å². The Morgan fingerprint density at radius 3 is 2.28 bits per heavy atom. The summed E-state index contributed by atoms with van der Waals surface area (Å²) in [5.74, 6) is -0.991. The van der Waals surface area contributed by atoms with Crippen LogP contribution in [0.5, 0.6) is 0 Å². The number of benzene rings is 2. The maximum atomic E-state index is 13.5. The van der Waals surface area contributed by atoms with E-state index >= 15 is 0 Å². The summed E-state index contributed by atoms with van der Waals surface area (Å²) in [7, 11) is 0. The minimum atomic E-state index is -0.495. The molecule has 0 bridgehead atoms. The molecule has 18 heavy (non-hydrogen) atoms. The summed E-state index contributed by atoms with van der Waals surface area (Å²) < 4.78 is 28.2. The van der Waals surface area contributed by atoms with E-state index in [-0.39, 0.29) is 10.4 Å². The van der Waals surface area contributed by atoms with Crippen molar-refractivity contribution in [2.75, 3.05) is 0 Å². The second kappa shape index (κ2) is 6.10. The fourth-order valence-electron chi connectivity index (χ4n) is 1.73. The second-order valence-corrected chi connectivity index (χ2v) is 6.28. The summed E-state index contributed by atoms with van der Waals surface area (Å²) in [5.41, 5.74) is 1.14. The van der Waals surface area contributed by atoms with Crippen LogP contribution in [0.2, 0.25) is 0 Å². The summed E-state index contributed by atoms with van der Waals surface area (Å²) in [6, 6.07) is 11.8. The van der Waals surface area contributed by atoms with Crippen molar-refractivity contribution in [3.63, 3.8) is 0 Å². The van der Waals surface area contributed by atoms with Gasteiger partial charge in [0.15, 0.2) is 0 Å². The van der Waals surface area contributed by atoms with E-state index in [1.807, 2.05) is 24.3 Å². The number of hydrogen-bond donors (Lipinski definition) is 0. The van der Waals surface area contributed by atoms with Crippen molar-refractivity contribution in [1.29, 1.82) is 0 Å². The van der Waals surface area contributed by atoms with Gasteiger partial charge >= 0.3 is 0 Å². The minimum absolute atomic E-state index is 0.0985. The minimum Gasteiger partial charge on any atom is -0.207 e. The highest BCUT2D eigenvalue weighted by Gasteiger charge is 2.15. The third kappa shape index (κ3) is 3.29. The molecule has 4 heteroatoms. The number of halogens is 4. The zero-order chi connectivity index (χ0) is 13.1. The second-order valence-electron chi connectivity index (χ2n) is 3.93. The van der Waals surface area contributed by atoms with Crippen molar-refractivity contribution in [3.8, 4) is 0 Å². The quantitative estimate of drug-likeness (QED) is 0.468. The molecule has 1 atom stereocenters. The van der Waals surface area contributed by atoms with E-state index in [0.29, 0.717) is 6.42 Å². The van der Waals surface area contributed by atoms with Gasteiger partial charge in [-0.15, -0.1) is 0 Å². The first-order valence-corrected chi connectivity index (χ1v) is 7.40. The molecule has 0 saturated carbocycles. The summed E-state index contributed by atoms with van der Waals surface area (Å²) in [6.45, 7) is 0. The van der Waals surface area contributed by atoms with Gasteiger partial charge in [0.2, 0.25) is 0 Å². The van der Waals surface area contributed by atoms with Gasteiger partial charge in [0, 0.05) is 14.0 Å². The molecule has 0 aliphatic rings. The largest absolute Gasteiger partial charge is 0.207 e. The molecule has 0 fully saturated rings. The fraction of sp³-hybridized carbons (Fsp3) is 0.143. The molecular weight excluding hydrogens is 413 g/mol. The van der Waals surface area contributed by atoms with Crippen LogP contribution in [0.15, 0.2) is 42.5 Å². The first-order chi connectivity index (χ1) is 8.58. The number of hydrogen-bond acceptors (Lipinski definition) is 0. The van der Waals surface area contributed by atoms with E-state index in [2.05, 4.69) is 38.5 Å². The van der Waals surface area contributed by atoms with Crippen molar-refractivity contribution >= 4 is 38.5 Å². The van der Waals surface area contributed by atoms with E-state index in [9.17, 15) is 8.78 Å². The van der Waals surface area contributed by atoms with Gasteiger partial charge in [-0.1, -0.05) is 34.1 Å². The molecule has 1 unspecified atom stereocenters. The number of alkyl halides is 1. The normalized spacial score (nSPS) is 12.4. The highest BCUT2D eigenvalue weighted by molar-refractivity contribution is 14.1. The van der Waals surface area contributed by atoms with Crippen LogP contribution in [-0.2, 0) is 6.42 Å². The summed E-state index contributed by atoms with van der Waals surface area (Å²) in [6.07, 6.45) is 0.290. The summed E-state index contributed by atoms with van der Waals surface area (Å²) >= 11 is 5.70. The first kappa shape index (κ1) is 13.9. The molecule has 0 aliphatic heterocycles. The van der Waals surface area contributed by atoms with Crippen LogP contribution in [0.3, 0.4) is 0 Å². The third-order valence-electron chi connectivity index (χ3n) is 2.66. The molecule has 0 saturated heterocycles. The van der Waals surface area contributed by atoms with Gasteiger partial charge in [0.1, 0.15) is 11.6 Å². The Kier molecular flexibility index (Phi) is 4.72. The Balaban J connectivity index is 2.24. The summed E-state index contributed by atoms with van der Waals surface area (Å²) in [5, 5.41) is 0. The van der Waals surface area contributed by atoms with Crippen molar-refractivity contribution in [2.45, 2.75) is 11.2 Å². The molecule has 0 spiro atoms. The van der Waals surface area contributed by atoms with Crippen LogP contribution >= 0.6 is 38.5 Å². The van der Waals surface area contributed by atoms with E-state index in [1.165, 1.54) is 18.2 Å². The Morgan fingerprint density at radius 1 is 1.06 bits per heavy atom. The lowest BCUT2D eigenvalue weighted by molar-refractivity contribution is 0.554. The van der Waals surface area contributed by atoms with Crippen LogP contribution in [0.25, 0.3) is 0 Å². The molecule has 2 aromatic rings. The molecule has 2 rings (SSSR count). The lowest BCUT2D eigenvalue weighted by Crippen LogP contribution is -2.01. The van der Waals surface area contributed by atoms with Crippen molar-refractivity contribution in [2.24, 2.45) is 0 Å². The molecule has 0 aromatic heterocycles. The number of rotatable bonds is 3. The predicted octanol–water partition coefficient (Wildman–Crippen LogP) is 5.25. The molecule has 0 heterocycles. The monoisotopic (exact) mass is 422 g/mol.